The molecule has 0 amide bonds. The van der Waals surface area contributed by atoms with E-state index >= 15 is 0 Å². The molecule has 0 radical (unpaired) electrons. The SMILES string of the molecule is COCC(C)NCc1ccc(OC)c([N+](=O)[O-])c1. The summed E-state index contributed by atoms with van der Waals surface area (Å²) in [4.78, 5) is 10.4. The lowest BCUT2D eigenvalue weighted by molar-refractivity contribution is -0.385. The Morgan fingerprint density at radius 2 is 2.17 bits per heavy atom. The van der Waals surface area contributed by atoms with Gasteiger partial charge in [0.1, 0.15) is 0 Å². The average Bonchev–Trinajstić information content (AvgIpc) is 2.36. The number of nitro groups is 1. The summed E-state index contributed by atoms with van der Waals surface area (Å²) in [6.45, 7) is 3.13. The predicted molar refractivity (Wildman–Crippen MR) is 67.8 cm³/mol. The van der Waals surface area contributed by atoms with Crippen LogP contribution in [-0.2, 0) is 11.3 Å². The third-order valence-corrected chi connectivity index (χ3v) is 2.51. The van der Waals surface area contributed by atoms with Gasteiger partial charge in [0, 0.05) is 25.8 Å². The maximum Gasteiger partial charge on any atom is 0.311 e. The summed E-state index contributed by atoms with van der Waals surface area (Å²) in [6.07, 6.45) is 0. The van der Waals surface area contributed by atoms with Gasteiger partial charge in [0.2, 0.25) is 0 Å². The zero-order chi connectivity index (χ0) is 13.5. The van der Waals surface area contributed by atoms with Crippen LogP contribution in [0.1, 0.15) is 12.5 Å². The lowest BCUT2D eigenvalue weighted by Gasteiger charge is -2.12. The normalized spacial score (nSPS) is 12.2. The van der Waals surface area contributed by atoms with Gasteiger partial charge < -0.3 is 14.8 Å². The Labute approximate surface area is 106 Å². The van der Waals surface area contributed by atoms with Crippen LogP contribution in [0.15, 0.2) is 18.2 Å². The van der Waals surface area contributed by atoms with E-state index in [0.29, 0.717) is 13.2 Å². The minimum absolute atomic E-state index is 0.0174. The quantitative estimate of drug-likeness (QED) is 0.592. The summed E-state index contributed by atoms with van der Waals surface area (Å²) in [5.41, 5.74) is 0.821. The summed E-state index contributed by atoms with van der Waals surface area (Å²) in [5.74, 6) is 0.272. The van der Waals surface area contributed by atoms with Gasteiger partial charge in [0.25, 0.3) is 0 Å². The molecule has 0 heterocycles. The van der Waals surface area contributed by atoms with Crippen LogP contribution in [0.25, 0.3) is 0 Å². The van der Waals surface area contributed by atoms with Gasteiger partial charge in [0.05, 0.1) is 18.6 Å². The number of benzene rings is 1. The summed E-state index contributed by atoms with van der Waals surface area (Å²) >= 11 is 0. The van der Waals surface area contributed by atoms with Gasteiger partial charge in [0.15, 0.2) is 5.75 Å². The lowest BCUT2D eigenvalue weighted by Crippen LogP contribution is -2.29. The molecule has 1 aromatic rings. The van der Waals surface area contributed by atoms with Gasteiger partial charge >= 0.3 is 5.69 Å². The van der Waals surface area contributed by atoms with Gasteiger partial charge in [-0.15, -0.1) is 0 Å². The molecule has 0 saturated heterocycles. The molecule has 0 aliphatic carbocycles. The average molecular weight is 254 g/mol. The van der Waals surface area contributed by atoms with E-state index in [0.717, 1.165) is 5.56 Å². The van der Waals surface area contributed by atoms with Crippen molar-refractivity contribution in [2.24, 2.45) is 0 Å². The number of nitrogens with one attached hydrogen (secondary N) is 1. The first kappa shape index (κ1) is 14.4. The summed E-state index contributed by atoms with van der Waals surface area (Å²) < 4.78 is 9.94. The van der Waals surface area contributed by atoms with Crippen molar-refractivity contribution in [3.63, 3.8) is 0 Å². The number of hydrogen-bond acceptors (Lipinski definition) is 5. The van der Waals surface area contributed by atoms with Crippen LogP contribution in [0.2, 0.25) is 0 Å². The first-order chi connectivity index (χ1) is 8.58. The molecule has 0 saturated carbocycles. The second-order valence-corrected chi connectivity index (χ2v) is 4.00. The van der Waals surface area contributed by atoms with E-state index in [-0.39, 0.29) is 17.5 Å². The summed E-state index contributed by atoms with van der Waals surface area (Å²) in [6, 6.07) is 5.12. The fourth-order valence-electron chi connectivity index (χ4n) is 1.59. The number of hydrogen-bond donors (Lipinski definition) is 1. The molecule has 0 aliphatic rings. The van der Waals surface area contributed by atoms with Crippen molar-refractivity contribution in [1.29, 1.82) is 0 Å². The third kappa shape index (κ3) is 3.97. The van der Waals surface area contributed by atoms with Gasteiger partial charge in [-0.05, 0) is 18.6 Å². The molecule has 0 aliphatic heterocycles. The summed E-state index contributed by atoms with van der Waals surface area (Å²) in [7, 11) is 3.05. The van der Waals surface area contributed by atoms with E-state index in [4.69, 9.17) is 9.47 Å². The number of rotatable bonds is 7. The topological polar surface area (TPSA) is 73.6 Å². The van der Waals surface area contributed by atoms with Gasteiger partial charge in [-0.25, -0.2) is 0 Å². The van der Waals surface area contributed by atoms with Crippen LogP contribution >= 0.6 is 0 Å². The molecular weight excluding hydrogens is 236 g/mol. The first-order valence-corrected chi connectivity index (χ1v) is 5.62. The highest BCUT2D eigenvalue weighted by molar-refractivity contribution is 5.48. The van der Waals surface area contributed by atoms with E-state index in [1.165, 1.54) is 13.2 Å². The Bertz CT molecular complexity index is 409. The Morgan fingerprint density at radius 3 is 2.72 bits per heavy atom. The molecule has 1 aromatic carbocycles. The molecule has 18 heavy (non-hydrogen) atoms. The van der Waals surface area contributed by atoms with Crippen molar-refractivity contribution in [3.05, 3.63) is 33.9 Å². The Morgan fingerprint density at radius 1 is 1.44 bits per heavy atom. The van der Waals surface area contributed by atoms with Crippen molar-refractivity contribution < 1.29 is 14.4 Å². The molecule has 100 valence electrons. The fraction of sp³-hybridized carbons (Fsp3) is 0.500. The van der Waals surface area contributed by atoms with Crippen molar-refractivity contribution in [2.45, 2.75) is 19.5 Å². The minimum Gasteiger partial charge on any atom is -0.490 e. The fourth-order valence-corrected chi connectivity index (χ4v) is 1.59. The second kappa shape index (κ2) is 6.93. The molecule has 1 rings (SSSR count). The van der Waals surface area contributed by atoms with Crippen molar-refractivity contribution >= 4 is 5.69 Å². The maximum atomic E-state index is 10.9. The zero-order valence-electron chi connectivity index (χ0n) is 10.8. The van der Waals surface area contributed by atoms with Crippen LogP contribution in [0.5, 0.6) is 5.75 Å². The van der Waals surface area contributed by atoms with Crippen LogP contribution in [-0.4, -0.2) is 31.8 Å². The molecule has 0 fully saturated rings. The van der Waals surface area contributed by atoms with Crippen LogP contribution in [0.4, 0.5) is 5.69 Å². The highest BCUT2D eigenvalue weighted by Gasteiger charge is 2.15. The molecule has 1 N–H and O–H groups in total. The summed E-state index contributed by atoms with van der Waals surface area (Å²) in [5, 5.41) is 14.1. The molecule has 1 unspecified atom stereocenters. The predicted octanol–water partition coefficient (Wildman–Crippen LogP) is 1.73. The van der Waals surface area contributed by atoms with Crippen molar-refractivity contribution in [2.75, 3.05) is 20.8 Å². The molecule has 6 heteroatoms. The number of nitrogens with zero attached hydrogens (tertiary/aromatic N) is 1. The molecule has 6 nitrogen and oxygen atoms in total. The first-order valence-electron chi connectivity index (χ1n) is 5.62. The van der Waals surface area contributed by atoms with Gasteiger partial charge in [-0.2, -0.15) is 0 Å². The van der Waals surface area contributed by atoms with Gasteiger partial charge in [-0.3, -0.25) is 10.1 Å². The van der Waals surface area contributed by atoms with Gasteiger partial charge in [-0.1, -0.05) is 6.07 Å². The smallest absolute Gasteiger partial charge is 0.311 e. The Kier molecular flexibility index (Phi) is 5.54. The molecule has 0 bridgehead atoms. The molecule has 0 spiro atoms. The largest absolute Gasteiger partial charge is 0.490 e. The van der Waals surface area contributed by atoms with Crippen LogP contribution in [0, 0.1) is 10.1 Å². The highest BCUT2D eigenvalue weighted by Crippen LogP contribution is 2.27. The van der Waals surface area contributed by atoms with Crippen LogP contribution in [0.3, 0.4) is 0 Å². The Balaban J connectivity index is 2.73. The van der Waals surface area contributed by atoms with Crippen molar-refractivity contribution in [1.82, 2.24) is 5.32 Å². The van der Waals surface area contributed by atoms with E-state index in [9.17, 15) is 10.1 Å². The second-order valence-electron chi connectivity index (χ2n) is 4.00. The molecular formula is C12H18N2O4. The zero-order valence-corrected chi connectivity index (χ0v) is 10.8. The maximum absolute atomic E-state index is 10.9. The highest BCUT2D eigenvalue weighted by atomic mass is 16.6. The molecule has 0 aromatic heterocycles. The number of nitro benzene ring substituents is 1. The third-order valence-electron chi connectivity index (χ3n) is 2.51. The Hall–Kier alpha value is -1.66. The standard InChI is InChI=1S/C12H18N2O4/c1-9(8-17-2)13-7-10-4-5-12(18-3)11(6-10)14(15)16/h4-6,9,13H,7-8H2,1-3H3. The minimum atomic E-state index is -0.444. The van der Waals surface area contributed by atoms with Crippen LogP contribution < -0.4 is 10.1 Å². The van der Waals surface area contributed by atoms with Crippen molar-refractivity contribution in [3.8, 4) is 5.75 Å². The van der Waals surface area contributed by atoms with E-state index in [2.05, 4.69) is 5.32 Å². The monoisotopic (exact) mass is 254 g/mol. The number of methoxy groups -OCH3 is 2. The van der Waals surface area contributed by atoms with E-state index in [1.807, 2.05) is 6.92 Å². The molecule has 1 atom stereocenters. The lowest BCUT2D eigenvalue weighted by atomic mass is 10.1. The number of ether oxygens (including phenoxy) is 2. The van der Waals surface area contributed by atoms with E-state index in [1.54, 1.807) is 19.2 Å². The van der Waals surface area contributed by atoms with E-state index < -0.39 is 4.92 Å².